The zero-order chi connectivity index (χ0) is 67.5. The van der Waals surface area contributed by atoms with E-state index in [1.54, 1.807) is 83.1 Å². The van der Waals surface area contributed by atoms with Crippen LogP contribution in [0.1, 0.15) is 169 Å². The SMILES string of the molecule is COC(=O)c1ccc(NC(=O)CC[C@H](N)C(=O)O)c(CF)c1.COC(=O)c1ccc(NC(=O)CC[C@H](NC(=O)OC(C)(C)C)C(=O)OC(C)(C)C)c(CF)c1.COC(=O)c1ccc(NC(=O)CC[C@H](NC(=O)OC(C)(C)C)C(=O)OC(C)(C)C)c(CO)c1.Cl. The number of carbonyl (C=O) groups excluding carboxylic acids is 10. The monoisotopic (exact) mass is 1280 g/mol. The van der Waals surface area contributed by atoms with Gasteiger partial charge in [0, 0.05) is 53.0 Å². The van der Waals surface area contributed by atoms with Gasteiger partial charge in [-0.2, -0.15) is 0 Å². The molecule has 3 atom stereocenters. The van der Waals surface area contributed by atoms with Gasteiger partial charge in [-0.1, -0.05) is 0 Å². The van der Waals surface area contributed by atoms with E-state index in [9.17, 15) is 66.6 Å². The molecule has 3 rings (SSSR count). The van der Waals surface area contributed by atoms with Crippen LogP contribution in [0, 0.1) is 0 Å². The number of alkyl carbamates (subject to hydrolysis) is 2. The van der Waals surface area contributed by atoms with Gasteiger partial charge >= 0.3 is 48.0 Å². The number of carboxylic acids is 1. The van der Waals surface area contributed by atoms with Gasteiger partial charge in [0.2, 0.25) is 17.7 Å². The van der Waals surface area contributed by atoms with Crippen LogP contribution in [0.15, 0.2) is 54.6 Å². The Hall–Kier alpha value is -8.50. The molecule has 0 aliphatic heterocycles. The molecule has 0 spiro atoms. The van der Waals surface area contributed by atoms with Crippen LogP contribution in [0.3, 0.4) is 0 Å². The number of hydrogen-bond donors (Lipinski definition) is 8. The van der Waals surface area contributed by atoms with Crippen molar-refractivity contribution in [3.05, 3.63) is 88.0 Å². The first-order valence-corrected chi connectivity index (χ1v) is 27.4. The van der Waals surface area contributed by atoms with Gasteiger partial charge in [0.15, 0.2) is 0 Å². The topological polar surface area (TPSA) is 379 Å². The molecule has 9 N–H and O–H groups in total. The molecule has 5 amide bonds. The molecule has 3 aromatic rings. The van der Waals surface area contributed by atoms with E-state index >= 15 is 0 Å². The largest absolute Gasteiger partial charge is 0.480 e. The lowest BCUT2D eigenvalue weighted by Crippen LogP contribution is -2.46. The molecule has 0 aliphatic carbocycles. The Balaban J connectivity index is 0.00000133. The van der Waals surface area contributed by atoms with Crippen LogP contribution in [0.5, 0.6) is 0 Å². The Morgan fingerprint density at radius 2 is 0.753 bits per heavy atom. The zero-order valence-electron chi connectivity index (χ0n) is 52.8. The van der Waals surface area contributed by atoms with Gasteiger partial charge in [-0.25, -0.2) is 42.3 Å². The number of esters is 5. The highest BCUT2D eigenvalue weighted by atomic mass is 35.5. The van der Waals surface area contributed by atoms with Crippen molar-refractivity contribution in [1.82, 2.24) is 10.6 Å². The van der Waals surface area contributed by atoms with Crippen molar-refractivity contribution >= 4 is 95.2 Å². The Kier molecular flexibility index (Phi) is 33.8. The Labute approximate surface area is 522 Å². The van der Waals surface area contributed by atoms with Gasteiger partial charge in [0.1, 0.15) is 53.9 Å². The number of rotatable bonds is 23. The van der Waals surface area contributed by atoms with Crippen molar-refractivity contribution in [2.24, 2.45) is 5.73 Å². The molecule has 0 heterocycles. The van der Waals surface area contributed by atoms with Crippen LogP contribution in [0.25, 0.3) is 0 Å². The number of aliphatic carboxylic acids is 1. The summed E-state index contributed by atoms with van der Waals surface area (Å²) in [6.45, 7) is 18.0. The molecule has 3 aromatic carbocycles. The quantitative estimate of drug-likeness (QED) is 0.0327. The summed E-state index contributed by atoms with van der Waals surface area (Å²) in [4.78, 5) is 131. The third-order valence-corrected chi connectivity index (χ3v) is 10.9. The molecular weight excluding hydrogens is 1200 g/mol. The first-order chi connectivity index (χ1) is 40.7. The van der Waals surface area contributed by atoms with Crippen LogP contribution in [-0.2, 0) is 81.9 Å². The highest BCUT2D eigenvalue weighted by Crippen LogP contribution is 2.24. The minimum atomic E-state index is -1.19. The van der Waals surface area contributed by atoms with Gasteiger partial charge < -0.3 is 75.7 Å². The fourth-order valence-corrected chi connectivity index (χ4v) is 6.98. The highest BCUT2D eigenvalue weighted by Gasteiger charge is 2.31. The number of anilines is 3. The summed E-state index contributed by atoms with van der Waals surface area (Å²) < 4.78 is 61.2. The Bertz CT molecular complexity index is 2790. The van der Waals surface area contributed by atoms with Crippen molar-refractivity contribution < 1.29 is 105 Å². The van der Waals surface area contributed by atoms with Crippen molar-refractivity contribution in [2.45, 2.75) is 182 Å². The lowest BCUT2D eigenvalue weighted by molar-refractivity contribution is -0.158. The van der Waals surface area contributed by atoms with E-state index in [0.29, 0.717) is 11.3 Å². The molecule has 0 aliphatic rings. The molecule has 496 valence electrons. The van der Waals surface area contributed by atoms with Gasteiger partial charge in [-0.15, -0.1) is 12.4 Å². The summed E-state index contributed by atoms with van der Waals surface area (Å²) >= 11 is 0. The lowest BCUT2D eigenvalue weighted by Gasteiger charge is -2.26. The van der Waals surface area contributed by atoms with Crippen LogP contribution < -0.4 is 32.3 Å². The second-order valence-electron chi connectivity index (χ2n) is 23.2. The molecule has 0 bridgehead atoms. The van der Waals surface area contributed by atoms with E-state index in [1.165, 1.54) is 75.9 Å². The van der Waals surface area contributed by atoms with E-state index in [4.69, 9.17) is 29.8 Å². The number of aliphatic hydroxyl groups is 1. The highest BCUT2D eigenvalue weighted by molar-refractivity contribution is 5.97. The van der Waals surface area contributed by atoms with Crippen molar-refractivity contribution in [3.63, 3.8) is 0 Å². The molecule has 0 unspecified atom stereocenters. The number of methoxy groups -OCH3 is 3. The molecule has 0 radical (unpaired) electrons. The van der Waals surface area contributed by atoms with Crippen LogP contribution in [-0.4, -0.2) is 138 Å². The molecule has 0 fully saturated rings. The van der Waals surface area contributed by atoms with Crippen molar-refractivity contribution in [3.8, 4) is 0 Å². The molecular formula is C60H85ClF2N6O20. The lowest BCUT2D eigenvalue weighted by atomic mass is 10.1. The number of halogens is 3. The molecule has 0 saturated heterocycles. The number of nitrogens with one attached hydrogen (secondary N) is 5. The predicted molar refractivity (Wildman–Crippen MR) is 323 cm³/mol. The van der Waals surface area contributed by atoms with E-state index in [-0.39, 0.29) is 90.1 Å². The van der Waals surface area contributed by atoms with Crippen molar-refractivity contribution in [2.75, 3.05) is 37.3 Å². The van der Waals surface area contributed by atoms with E-state index in [0.717, 1.165) is 0 Å². The van der Waals surface area contributed by atoms with Gasteiger partial charge in [0.25, 0.3) is 0 Å². The Morgan fingerprint density at radius 3 is 1.01 bits per heavy atom. The van der Waals surface area contributed by atoms with Gasteiger partial charge in [-0.3, -0.25) is 19.2 Å². The molecule has 29 heteroatoms. The number of aliphatic hydroxyl groups excluding tert-OH is 1. The Morgan fingerprint density at radius 1 is 0.472 bits per heavy atom. The van der Waals surface area contributed by atoms with Crippen LogP contribution in [0.2, 0.25) is 0 Å². The second kappa shape index (κ2) is 37.4. The van der Waals surface area contributed by atoms with Gasteiger partial charge in [-0.05, 0) is 157 Å². The number of amides is 5. The fraction of sp³-hybridized carbons (Fsp3) is 0.517. The number of carbonyl (C=O) groups is 11. The average molecular weight is 1280 g/mol. The first kappa shape index (κ1) is 80.5. The molecule has 89 heavy (non-hydrogen) atoms. The van der Waals surface area contributed by atoms with Crippen molar-refractivity contribution in [1.29, 1.82) is 0 Å². The number of hydrogen-bond acceptors (Lipinski definition) is 20. The third kappa shape index (κ3) is 32.3. The first-order valence-electron chi connectivity index (χ1n) is 27.4. The molecule has 26 nitrogen and oxygen atoms in total. The van der Waals surface area contributed by atoms with Crippen LogP contribution >= 0.6 is 12.4 Å². The molecule has 0 aromatic heterocycles. The smallest absolute Gasteiger partial charge is 0.408 e. The number of benzene rings is 3. The summed E-state index contributed by atoms with van der Waals surface area (Å²) in [7, 11) is 3.65. The number of alkyl halides is 2. The molecule has 0 saturated carbocycles. The number of ether oxygens (including phenoxy) is 7. The maximum Gasteiger partial charge on any atom is 0.408 e. The summed E-state index contributed by atoms with van der Waals surface area (Å²) in [5.41, 5.74) is 3.95. The average Bonchev–Trinajstić information content (AvgIpc) is 2.88. The van der Waals surface area contributed by atoms with Crippen LogP contribution in [0.4, 0.5) is 35.4 Å². The summed E-state index contributed by atoms with van der Waals surface area (Å²) in [6, 6.07) is 9.10. The maximum atomic E-state index is 13.4. The standard InChI is InChI=1S/C23H33FN2O7.C23H34N2O8.C14H17FN2O5.ClH/c1-22(2,3)32-20(29)17(26-21(30)33-23(4,5)6)10-11-18(27)25-16-9-8-14(19(28)31-7)12-15(16)13-24;1-22(2,3)32-20(29)17(25-21(30)33-23(4,5)6)10-11-18(27)24-16-9-8-14(19(28)31-7)12-15(16)13-26;1-22-14(21)8-2-4-11(9(6-8)7-15)17-12(18)5-3-10(16)13(19)20;/h8-9,12,17H,10-11,13H2,1-7H3,(H,25,27)(H,26,30);8-9,12,17,26H,10-11,13H2,1-7H3,(H,24,27)(H,25,30);2,4,6,10H,3,5,7,16H2,1H3,(H,17,18)(H,19,20);1H/t2*17-;10-;/m000./s1. The minimum absolute atomic E-state index is 0. The second-order valence-corrected chi connectivity index (χ2v) is 23.2. The van der Waals surface area contributed by atoms with Gasteiger partial charge in [0.05, 0.1) is 44.6 Å². The summed E-state index contributed by atoms with van der Waals surface area (Å²) in [5.74, 6) is -5.89. The summed E-state index contributed by atoms with van der Waals surface area (Å²) in [6.07, 6.45) is -2.21. The van der Waals surface area contributed by atoms with E-state index in [1.807, 2.05) is 0 Å². The number of nitrogens with two attached hydrogens (primary N) is 1. The zero-order valence-corrected chi connectivity index (χ0v) is 53.6. The fourth-order valence-electron chi connectivity index (χ4n) is 6.98. The van der Waals surface area contributed by atoms with E-state index in [2.05, 4.69) is 40.8 Å². The summed E-state index contributed by atoms with van der Waals surface area (Å²) in [5, 5.41) is 30.7. The minimum Gasteiger partial charge on any atom is -0.480 e. The third-order valence-electron chi connectivity index (χ3n) is 10.9. The normalized spacial score (nSPS) is 12.0. The maximum absolute atomic E-state index is 13.4. The van der Waals surface area contributed by atoms with E-state index < -0.39 is 126 Å². The predicted octanol–water partition coefficient (Wildman–Crippen LogP) is 8.31. The number of carboxylic acid groups (broad SMARTS) is 1.